The van der Waals surface area contributed by atoms with Crippen molar-refractivity contribution in [1.29, 1.82) is 0 Å². The molecule has 5 nitrogen and oxygen atoms in total. The summed E-state index contributed by atoms with van der Waals surface area (Å²) in [5, 5.41) is 0.508. The maximum atomic E-state index is 12.1. The first-order valence-electron chi connectivity index (χ1n) is 6.89. The molecule has 0 aliphatic heterocycles. The molecular formula is C17H16N2O3. The first kappa shape index (κ1) is 14.1. The van der Waals surface area contributed by atoms with E-state index in [1.54, 1.807) is 26.3 Å². The van der Waals surface area contributed by atoms with Gasteiger partial charge >= 0.3 is 0 Å². The molecule has 0 aliphatic rings. The number of methoxy groups -OCH3 is 1. The Morgan fingerprint density at radius 3 is 2.64 bits per heavy atom. The second-order valence-electron chi connectivity index (χ2n) is 4.96. The molecule has 5 heteroatoms. The lowest BCUT2D eigenvalue weighted by Crippen LogP contribution is -2.17. The number of fused-ring (bicyclic) bond motifs is 1. The average Bonchev–Trinajstić information content (AvgIpc) is 2.57. The molecule has 0 N–H and O–H groups in total. The summed E-state index contributed by atoms with van der Waals surface area (Å²) in [6.45, 7) is 0.424. The molecule has 0 saturated carbocycles. The highest BCUT2D eigenvalue weighted by Gasteiger charge is 2.11. The molecule has 22 heavy (non-hydrogen) atoms. The van der Waals surface area contributed by atoms with E-state index in [9.17, 15) is 4.79 Å². The summed E-state index contributed by atoms with van der Waals surface area (Å²) in [5.41, 5.74) is 1.53. The van der Waals surface area contributed by atoms with Crippen LogP contribution in [0.3, 0.4) is 0 Å². The first-order chi connectivity index (χ1) is 10.7. The van der Waals surface area contributed by atoms with Gasteiger partial charge in [0.1, 0.15) is 6.61 Å². The molecule has 0 spiro atoms. The smallest absolute Gasteiger partial charge is 0.261 e. The van der Waals surface area contributed by atoms with Crippen LogP contribution in [-0.2, 0) is 13.7 Å². The zero-order valence-electron chi connectivity index (χ0n) is 12.4. The maximum absolute atomic E-state index is 12.1. The fourth-order valence-electron chi connectivity index (χ4n) is 2.23. The summed E-state index contributed by atoms with van der Waals surface area (Å²) in [7, 11) is 3.22. The van der Waals surface area contributed by atoms with Gasteiger partial charge in [0, 0.05) is 13.1 Å². The molecule has 0 unspecified atom stereocenters. The van der Waals surface area contributed by atoms with Crippen LogP contribution in [0.15, 0.2) is 53.6 Å². The van der Waals surface area contributed by atoms with E-state index in [1.807, 2.05) is 30.3 Å². The van der Waals surface area contributed by atoms with Crippen LogP contribution < -0.4 is 15.0 Å². The van der Waals surface area contributed by atoms with Crippen molar-refractivity contribution in [3.8, 4) is 11.5 Å². The standard InChI is InChI=1S/C17H16N2O3/c1-19-11-18-14-9-16(15(21-2)8-13(14)17(19)20)22-10-12-6-4-3-5-7-12/h3-9,11H,10H2,1-2H3. The second-order valence-corrected chi connectivity index (χ2v) is 4.96. The Kier molecular flexibility index (Phi) is 3.78. The summed E-state index contributed by atoms with van der Waals surface area (Å²) < 4.78 is 12.6. The maximum Gasteiger partial charge on any atom is 0.261 e. The predicted octanol–water partition coefficient (Wildman–Crippen LogP) is 2.52. The Bertz CT molecular complexity index is 857. The molecule has 0 radical (unpaired) electrons. The lowest BCUT2D eigenvalue weighted by Gasteiger charge is -2.12. The summed E-state index contributed by atoms with van der Waals surface area (Å²) in [4.78, 5) is 16.4. The van der Waals surface area contributed by atoms with E-state index in [1.165, 1.54) is 10.9 Å². The topological polar surface area (TPSA) is 53.4 Å². The van der Waals surface area contributed by atoms with E-state index in [-0.39, 0.29) is 5.56 Å². The van der Waals surface area contributed by atoms with Crippen molar-refractivity contribution in [3.05, 3.63) is 64.7 Å². The zero-order chi connectivity index (χ0) is 15.5. The molecule has 0 atom stereocenters. The number of nitrogens with zero attached hydrogens (tertiary/aromatic N) is 2. The fourth-order valence-corrected chi connectivity index (χ4v) is 2.23. The van der Waals surface area contributed by atoms with Crippen molar-refractivity contribution in [2.75, 3.05) is 7.11 Å². The second kappa shape index (κ2) is 5.89. The van der Waals surface area contributed by atoms with Crippen molar-refractivity contribution < 1.29 is 9.47 Å². The van der Waals surface area contributed by atoms with Gasteiger partial charge in [-0.3, -0.25) is 4.79 Å². The van der Waals surface area contributed by atoms with Gasteiger partial charge in [-0.15, -0.1) is 0 Å². The largest absolute Gasteiger partial charge is 0.493 e. The van der Waals surface area contributed by atoms with Crippen LogP contribution in [0.25, 0.3) is 10.9 Å². The molecular weight excluding hydrogens is 280 g/mol. The number of hydrogen-bond acceptors (Lipinski definition) is 4. The van der Waals surface area contributed by atoms with Gasteiger partial charge in [-0.2, -0.15) is 0 Å². The Morgan fingerprint density at radius 2 is 1.91 bits per heavy atom. The van der Waals surface area contributed by atoms with Crippen LogP contribution in [0.1, 0.15) is 5.56 Å². The highest BCUT2D eigenvalue weighted by Crippen LogP contribution is 2.30. The first-order valence-corrected chi connectivity index (χ1v) is 6.89. The number of hydrogen-bond donors (Lipinski definition) is 0. The van der Waals surface area contributed by atoms with Gasteiger partial charge in [0.15, 0.2) is 11.5 Å². The molecule has 0 amide bonds. The summed E-state index contributed by atoms with van der Waals surface area (Å²) in [6, 6.07) is 13.3. The molecule has 2 aromatic carbocycles. The van der Waals surface area contributed by atoms with Crippen LogP contribution in [0.4, 0.5) is 0 Å². The van der Waals surface area contributed by atoms with Crippen LogP contribution >= 0.6 is 0 Å². The highest BCUT2D eigenvalue weighted by molar-refractivity contribution is 5.81. The van der Waals surface area contributed by atoms with Gasteiger partial charge in [-0.25, -0.2) is 4.98 Å². The van der Waals surface area contributed by atoms with Crippen molar-refractivity contribution in [2.45, 2.75) is 6.61 Å². The molecule has 0 saturated heterocycles. The van der Waals surface area contributed by atoms with Gasteiger partial charge in [-0.05, 0) is 11.6 Å². The Labute approximate surface area is 127 Å². The third-order valence-electron chi connectivity index (χ3n) is 3.44. The summed E-state index contributed by atoms with van der Waals surface area (Å²) in [5.74, 6) is 1.09. The minimum atomic E-state index is -0.113. The van der Waals surface area contributed by atoms with E-state index in [0.717, 1.165) is 5.56 Å². The van der Waals surface area contributed by atoms with Gasteiger partial charge < -0.3 is 14.0 Å². The Morgan fingerprint density at radius 1 is 1.14 bits per heavy atom. The van der Waals surface area contributed by atoms with Crippen molar-refractivity contribution in [3.63, 3.8) is 0 Å². The van der Waals surface area contributed by atoms with Crippen LogP contribution in [-0.4, -0.2) is 16.7 Å². The third kappa shape index (κ3) is 2.65. The van der Waals surface area contributed by atoms with E-state index in [0.29, 0.717) is 29.0 Å². The van der Waals surface area contributed by atoms with Gasteiger partial charge in [0.05, 0.1) is 24.3 Å². The number of benzene rings is 2. The molecule has 0 fully saturated rings. The molecule has 1 heterocycles. The number of aryl methyl sites for hydroxylation is 1. The number of ether oxygens (including phenoxy) is 2. The zero-order valence-corrected chi connectivity index (χ0v) is 12.4. The predicted molar refractivity (Wildman–Crippen MR) is 84.3 cm³/mol. The van der Waals surface area contributed by atoms with Crippen molar-refractivity contribution in [2.24, 2.45) is 7.05 Å². The van der Waals surface area contributed by atoms with Crippen molar-refractivity contribution >= 4 is 10.9 Å². The Hall–Kier alpha value is -2.82. The molecule has 0 aliphatic carbocycles. The number of rotatable bonds is 4. The molecule has 1 aromatic heterocycles. The van der Waals surface area contributed by atoms with Gasteiger partial charge in [-0.1, -0.05) is 30.3 Å². The van der Waals surface area contributed by atoms with Crippen LogP contribution in [0.5, 0.6) is 11.5 Å². The minimum Gasteiger partial charge on any atom is -0.493 e. The minimum absolute atomic E-state index is 0.113. The number of aromatic nitrogens is 2. The van der Waals surface area contributed by atoms with Crippen molar-refractivity contribution in [1.82, 2.24) is 9.55 Å². The molecule has 3 aromatic rings. The lowest BCUT2D eigenvalue weighted by molar-refractivity contribution is 0.285. The SMILES string of the molecule is COc1cc2c(=O)n(C)cnc2cc1OCc1ccccc1. The third-order valence-corrected chi connectivity index (χ3v) is 3.44. The van der Waals surface area contributed by atoms with Crippen LogP contribution in [0, 0.1) is 0 Å². The van der Waals surface area contributed by atoms with E-state index < -0.39 is 0 Å². The molecule has 112 valence electrons. The van der Waals surface area contributed by atoms with Gasteiger partial charge in [0.2, 0.25) is 0 Å². The van der Waals surface area contributed by atoms with Crippen LogP contribution in [0.2, 0.25) is 0 Å². The lowest BCUT2D eigenvalue weighted by atomic mass is 10.2. The molecule has 3 rings (SSSR count). The average molecular weight is 296 g/mol. The summed E-state index contributed by atoms with van der Waals surface area (Å²) in [6.07, 6.45) is 1.50. The van der Waals surface area contributed by atoms with E-state index >= 15 is 0 Å². The monoisotopic (exact) mass is 296 g/mol. The van der Waals surface area contributed by atoms with E-state index in [4.69, 9.17) is 9.47 Å². The molecule has 0 bridgehead atoms. The Balaban J connectivity index is 1.98. The van der Waals surface area contributed by atoms with Gasteiger partial charge in [0.25, 0.3) is 5.56 Å². The fraction of sp³-hybridized carbons (Fsp3) is 0.176. The quantitative estimate of drug-likeness (QED) is 0.742. The highest BCUT2D eigenvalue weighted by atomic mass is 16.5. The van der Waals surface area contributed by atoms with E-state index in [2.05, 4.69) is 4.98 Å². The normalized spacial score (nSPS) is 10.6. The summed E-state index contributed by atoms with van der Waals surface area (Å²) >= 11 is 0.